The van der Waals surface area contributed by atoms with E-state index in [9.17, 15) is 5.26 Å². The first kappa shape index (κ1) is 12.2. The van der Waals surface area contributed by atoms with E-state index in [2.05, 4.69) is 37.3 Å². The fraction of sp³-hybridized carbons (Fsp3) is 0.389. The van der Waals surface area contributed by atoms with Gasteiger partial charge in [0.05, 0.1) is 5.56 Å². The van der Waals surface area contributed by atoms with Crippen LogP contribution in [0.3, 0.4) is 0 Å². The van der Waals surface area contributed by atoms with Crippen molar-refractivity contribution in [1.29, 1.82) is 5.26 Å². The lowest BCUT2D eigenvalue weighted by atomic mass is 9.89. The zero-order chi connectivity index (χ0) is 13.2. The summed E-state index contributed by atoms with van der Waals surface area (Å²) in [7, 11) is 0. The molecule has 0 N–H and O–H groups in total. The summed E-state index contributed by atoms with van der Waals surface area (Å²) < 4.78 is 0. The van der Waals surface area contributed by atoms with Crippen LogP contribution in [-0.4, -0.2) is 0 Å². The van der Waals surface area contributed by atoms with Gasteiger partial charge in [0.2, 0.25) is 0 Å². The SMILES string of the molecule is CCC1CCC(c2ccc3ccccc3c2C#N)C1. The normalized spacial score (nSPS) is 22.5. The van der Waals surface area contributed by atoms with E-state index in [0.29, 0.717) is 5.92 Å². The minimum Gasteiger partial charge on any atom is -0.192 e. The number of nitrogens with zero attached hydrogens (tertiary/aromatic N) is 1. The molecule has 2 aromatic rings. The largest absolute Gasteiger partial charge is 0.192 e. The van der Waals surface area contributed by atoms with Crippen LogP contribution in [0.15, 0.2) is 36.4 Å². The van der Waals surface area contributed by atoms with Crippen LogP contribution < -0.4 is 0 Å². The number of fused-ring (bicyclic) bond motifs is 1. The van der Waals surface area contributed by atoms with Gasteiger partial charge in [-0.1, -0.05) is 49.7 Å². The molecule has 1 nitrogen and oxygen atoms in total. The molecule has 1 fully saturated rings. The molecule has 1 aliphatic rings. The lowest BCUT2D eigenvalue weighted by molar-refractivity contribution is 0.521. The van der Waals surface area contributed by atoms with Gasteiger partial charge in [0.15, 0.2) is 0 Å². The highest BCUT2D eigenvalue weighted by Crippen LogP contribution is 2.41. The second-order valence-electron chi connectivity index (χ2n) is 5.65. The predicted molar refractivity (Wildman–Crippen MR) is 79.0 cm³/mol. The molecule has 0 aromatic heterocycles. The Bertz CT molecular complexity index is 636. The second-order valence-corrected chi connectivity index (χ2v) is 5.65. The van der Waals surface area contributed by atoms with Crippen LogP contribution in [0.25, 0.3) is 10.8 Å². The van der Waals surface area contributed by atoms with Gasteiger partial charge in [-0.3, -0.25) is 0 Å². The van der Waals surface area contributed by atoms with Gasteiger partial charge in [-0.2, -0.15) is 5.26 Å². The third kappa shape index (κ3) is 2.12. The van der Waals surface area contributed by atoms with Gasteiger partial charge in [0.1, 0.15) is 6.07 Å². The first-order valence-corrected chi connectivity index (χ1v) is 7.25. The first-order valence-electron chi connectivity index (χ1n) is 7.25. The number of benzene rings is 2. The van der Waals surface area contributed by atoms with E-state index in [1.165, 1.54) is 36.6 Å². The third-order valence-electron chi connectivity index (χ3n) is 4.63. The van der Waals surface area contributed by atoms with E-state index in [4.69, 9.17) is 0 Å². The summed E-state index contributed by atoms with van der Waals surface area (Å²) in [5, 5.41) is 11.8. The summed E-state index contributed by atoms with van der Waals surface area (Å²) in [6.45, 7) is 2.28. The van der Waals surface area contributed by atoms with E-state index in [0.717, 1.165) is 16.9 Å². The van der Waals surface area contributed by atoms with Crippen LogP contribution in [-0.2, 0) is 0 Å². The quantitative estimate of drug-likeness (QED) is 0.734. The van der Waals surface area contributed by atoms with Crippen molar-refractivity contribution >= 4 is 10.8 Å². The lowest BCUT2D eigenvalue weighted by Crippen LogP contribution is -1.99. The number of rotatable bonds is 2. The summed E-state index contributed by atoms with van der Waals surface area (Å²) in [6.07, 6.45) is 5.08. The van der Waals surface area contributed by atoms with E-state index < -0.39 is 0 Å². The number of hydrogen-bond donors (Lipinski definition) is 0. The van der Waals surface area contributed by atoms with E-state index in [1.54, 1.807) is 0 Å². The van der Waals surface area contributed by atoms with Crippen LogP contribution in [0.1, 0.15) is 49.7 Å². The summed E-state index contributed by atoms with van der Waals surface area (Å²) in [4.78, 5) is 0. The molecule has 96 valence electrons. The Balaban J connectivity index is 2.07. The van der Waals surface area contributed by atoms with Crippen molar-refractivity contribution in [1.82, 2.24) is 0 Å². The van der Waals surface area contributed by atoms with Crippen molar-refractivity contribution in [2.75, 3.05) is 0 Å². The Morgan fingerprint density at radius 1 is 1.16 bits per heavy atom. The fourth-order valence-electron chi connectivity index (χ4n) is 3.48. The molecule has 3 rings (SSSR count). The van der Waals surface area contributed by atoms with Crippen LogP contribution >= 0.6 is 0 Å². The van der Waals surface area contributed by atoms with Gasteiger partial charge >= 0.3 is 0 Å². The molecule has 0 heterocycles. The smallest absolute Gasteiger partial charge is 0.100 e. The molecule has 1 heteroatoms. The summed E-state index contributed by atoms with van der Waals surface area (Å²) in [5.74, 6) is 1.44. The van der Waals surface area contributed by atoms with Gasteiger partial charge in [0, 0.05) is 0 Å². The molecular formula is C18H19N. The van der Waals surface area contributed by atoms with Crippen LogP contribution in [0.4, 0.5) is 0 Å². The molecule has 2 atom stereocenters. The molecule has 0 aliphatic heterocycles. The van der Waals surface area contributed by atoms with E-state index in [1.807, 2.05) is 12.1 Å². The van der Waals surface area contributed by atoms with Gasteiger partial charge in [-0.05, 0) is 47.4 Å². The van der Waals surface area contributed by atoms with Crippen LogP contribution in [0.5, 0.6) is 0 Å². The first-order chi connectivity index (χ1) is 9.33. The van der Waals surface area contributed by atoms with Gasteiger partial charge in [-0.25, -0.2) is 0 Å². The molecule has 0 saturated heterocycles. The monoisotopic (exact) mass is 249 g/mol. The van der Waals surface area contributed by atoms with Gasteiger partial charge in [-0.15, -0.1) is 0 Å². The Morgan fingerprint density at radius 3 is 2.74 bits per heavy atom. The van der Waals surface area contributed by atoms with Gasteiger partial charge in [0.25, 0.3) is 0 Å². The summed E-state index contributed by atoms with van der Waals surface area (Å²) in [5.41, 5.74) is 2.18. The molecule has 19 heavy (non-hydrogen) atoms. The highest BCUT2D eigenvalue weighted by molar-refractivity contribution is 5.89. The van der Waals surface area contributed by atoms with Crippen LogP contribution in [0, 0.1) is 17.2 Å². The number of nitriles is 1. The van der Waals surface area contributed by atoms with Crippen molar-refractivity contribution in [3.8, 4) is 6.07 Å². The second kappa shape index (κ2) is 5.05. The van der Waals surface area contributed by atoms with Crippen LogP contribution in [0.2, 0.25) is 0 Å². The minimum atomic E-state index is 0.587. The van der Waals surface area contributed by atoms with Gasteiger partial charge < -0.3 is 0 Å². The molecule has 0 amide bonds. The molecule has 0 radical (unpaired) electrons. The molecule has 0 bridgehead atoms. The zero-order valence-corrected chi connectivity index (χ0v) is 11.4. The molecule has 2 unspecified atom stereocenters. The maximum atomic E-state index is 9.55. The Labute approximate surface area is 114 Å². The van der Waals surface area contributed by atoms with Crippen molar-refractivity contribution in [2.24, 2.45) is 5.92 Å². The van der Waals surface area contributed by atoms with Crippen molar-refractivity contribution in [3.63, 3.8) is 0 Å². The predicted octanol–water partition coefficient (Wildman–Crippen LogP) is 5.01. The fourth-order valence-corrected chi connectivity index (χ4v) is 3.48. The standard InChI is InChI=1S/C18H19N/c1-2-13-7-8-15(11-13)17-10-9-14-5-3-4-6-16(14)18(17)12-19/h3-6,9-10,13,15H,2,7-8,11H2,1H3. The molecule has 2 aromatic carbocycles. The zero-order valence-electron chi connectivity index (χ0n) is 11.4. The summed E-state index contributed by atoms with van der Waals surface area (Å²) >= 11 is 0. The topological polar surface area (TPSA) is 23.8 Å². The average molecular weight is 249 g/mol. The molecule has 0 spiro atoms. The Kier molecular flexibility index (Phi) is 3.25. The van der Waals surface area contributed by atoms with E-state index in [-0.39, 0.29) is 0 Å². The lowest BCUT2D eigenvalue weighted by Gasteiger charge is -2.14. The van der Waals surface area contributed by atoms with Crippen molar-refractivity contribution in [3.05, 3.63) is 47.5 Å². The minimum absolute atomic E-state index is 0.587. The highest BCUT2D eigenvalue weighted by Gasteiger charge is 2.26. The van der Waals surface area contributed by atoms with Crippen molar-refractivity contribution < 1.29 is 0 Å². The highest BCUT2D eigenvalue weighted by atomic mass is 14.3. The maximum absolute atomic E-state index is 9.55. The van der Waals surface area contributed by atoms with E-state index >= 15 is 0 Å². The van der Waals surface area contributed by atoms with Crippen molar-refractivity contribution in [2.45, 2.75) is 38.5 Å². The maximum Gasteiger partial charge on any atom is 0.100 e. The molecular weight excluding hydrogens is 230 g/mol. The Hall–Kier alpha value is -1.81. The number of hydrogen-bond acceptors (Lipinski definition) is 1. The average Bonchev–Trinajstić information content (AvgIpc) is 2.94. The molecule has 1 saturated carbocycles. The third-order valence-corrected chi connectivity index (χ3v) is 4.63. The summed E-state index contributed by atoms with van der Waals surface area (Å²) in [6, 6.07) is 15.0. The molecule has 1 aliphatic carbocycles. The Morgan fingerprint density at radius 2 is 2.00 bits per heavy atom.